The molecule has 0 amide bonds. The third-order valence-corrected chi connectivity index (χ3v) is 3.44. The molecule has 2 rings (SSSR count). The highest BCUT2D eigenvalue weighted by Crippen LogP contribution is 2.30. The molecule has 1 aromatic heterocycles. The summed E-state index contributed by atoms with van der Waals surface area (Å²) in [4.78, 5) is 8.41. The number of hydrogen-bond donors (Lipinski definition) is 2. The Morgan fingerprint density at radius 3 is 2.62 bits per heavy atom. The van der Waals surface area contributed by atoms with Crippen molar-refractivity contribution in [1.82, 2.24) is 10.3 Å². The summed E-state index contributed by atoms with van der Waals surface area (Å²) in [5.41, 5.74) is 1.78. The normalized spacial score (nSPS) is 10.5. The van der Waals surface area contributed by atoms with Gasteiger partial charge in [-0.25, -0.2) is 4.98 Å². The third-order valence-electron chi connectivity index (χ3n) is 3.44. The Morgan fingerprint density at radius 2 is 1.96 bits per heavy atom. The number of guanidine groups is 1. The van der Waals surface area contributed by atoms with Gasteiger partial charge in [-0.2, -0.15) is 0 Å². The van der Waals surface area contributed by atoms with Crippen LogP contribution in [-0.2, 0) is 6.54 Å². The van der Waals surface area contributed by atoms with Crippen LogP contribution in [0.4, 0.5) is 5.69 Å². The minimum absolute atomic E-state index is 0. The van der Waals surface area contributed by atoms with Crippen molar-refractivity contribution in [2.24, 2.45) is 4.99 Å². The second-order valence-corrected chi connectivity index (χ2v) is 5.02. The van der Waals surface area contributed by atoms with Crippen molar-refractivity contribution < 1.29 is 14.2 Å². The number of methoxy groups -OCH3 is 2. The quantitative estimate of drug-likeness (QED) is 0.366. The standard InChI is InChI=1S/C18H24N4O3.HI/c1-5-25-15-9-8-14(11-16(15)23-3)22-18(19-2)21-12-13-7-6-10-20-17(13)24-4;/h6-11H,5,12H2,1-4H3,(H2,19,21,22);1H. The Morgan fingerprint density at radius 1 is 1.15 bits per heavy atom. The monoisotopic (exact) mass is 472 g/mol. The van der Waals surface area contributed by atoms with Crippen molar-refractivity contribution in [2.45, 2.75) is 13.5 Å². The summed E-state index contributed by atoms with van der Waals surface area (Å²) in [5.74, 6) is 2.58. The molecule has 2 N–H and O–H groups in total. The van der Waals surface area contributed by atoms with E-state index in [0.717, 1.165) is 11.3 Å². The van der Waals surface area contributed by atoms with Crippen LogP contribution >= 0.6 is 24.0 Å². The second-order valence-electron chi connectivity index (χ2n) is 5.02. The van der Waals surface area contributed by atoms with E-state index >= 15 is 0 Å². The molecule has 8 heteroatoms. The topological polar surface area (TPSA) is 77.0 Å². The molecular formula is C18H25IN4O3. The van der Waals surface area contributed by atoms with Crippen LogP contribution in [0.3, 0.4) is 0 Å². The molecule has 142 valence electrons. The summed E-state index contributed by atoms with van der Waals surface area (Å²) in [6.07, 6.45) is 1.70. The fourth-order valence-electron chi connectivity index (χ4n) is 2.26. The average Bonchev–Trinajstić information content (AvgIpc) is 2.66. The zero-order valence-corrected chi connectivity index (χ0v) is 17.7. The number of nitrogens with zero attached hydrogens (tertiary/aromatic N) is 2. The molecular weight excluding hydrogens is 447 g/mol. The summed E-state index contributed by atoms with van der Waals surface area (Å²) in [6, 6.07) is 9.45. The molecule has 0 spiro atoms. The second kappa shape index (κ2) is 11.4. The molecule has 0 atom stereocenters. The van der Waals surface area contributed by atoms with Crippen molar-refractivity contribution in [2.75, 3.05) is 33.2 Å². The molecule has 0 bridgehead atoms. The maximum Gasteiger partial charge on any atom is 0.218 e. The van der Waals surface area contributed by atoms with Gasteiger partial charge in [-0.05, 0) is 25.1 Å². The first-order valence-corrected chi connectivity index (χ1v) is 7.98. The van der Waals surface area contributed by atoms with E-state index in [2.05, 4.69) is 20.6 Å². The van der Waals surface area contributed by atoms with E-state index in [1.165, 1.54) is 0 Å². The van der Waals surface area contributed by atoms with Gasteiger partial charge in [0.1, 0.15) is 0 Å². The molecule has 0 aliphatic heterocycles. The first kappa shape index (κ1) is 21.8. The zero-order chi connectivity index (χ0) is 18.1. The van der Waals surface area contributed by atoms with Crippen LogP contribution in [0.1, 0.15) is 12.5 Å². The number of benzene rings is 1. The summed E-state index contributed by atoms with van der Waals surface area (Å²) in [6.45, 7) is 3.05. The van der Waals surface area contributed by atoms with E-state index in [1.807, 2.05) is 37.3 Å². The summed E-state index contributed by atoms with van der Waals surface area (Å²) < 4.78 is 16.1. The fourth-order valence-corrected chi connectivity index (χ4v) is 2.26. The summed E-state index contributed by atoms with van der Waals surface area (Å²) >= 11 is 0. The largest absolute Gasteiger partial charge is 0.493 e. The predicted molar refractivity (Wildman–Crippen MR) is 114 cm³/mol. The van der Waals surface area contributed by atoms with Gasteiger partial charge in [-0.15, -0.1) is 24.0 Å². The van der Waals surface area contributed by atoms with Gasteiger partial charge in [0.25, 0.3) is 0 Å². The van der Waals surface area contributed by atoms with E-state index in [4.69, 9.17) is 14.2 Å². The Hall–Kier alpha value is -2.23. The number of anilines is 1. The maximum absolute atomic E-state index is 5.53. The number of nitrogens with one attached hydrogen (secondary N) is 2. The minimum atomic E-state index is 0. The van der Waals surface area contributed by atoms with Gasteiger partial charge in [0.2, 0.25) is 5.88 Å². The number of aliphatic imine (C=N–C) groups is 1. The molecule has 7 nitrogen and oxygen atoms in total. The molecule has 2 aromatic rings. The number of ether oxygens (including phenoxy) is 3. The lowest BCUT2D eigenvalue weighted by molar-refractivity contribution is 0.311. The Kier molecular flexibility index (Phi) is 9.56. The predicted octanol–water partition coefficient (Wildman–Crippen LogP) is 3.30. The van der Waals surface area contributed by atoms with Crippen LogP contribution in [0.25, 0.3) is 0 Å². The molecule has 0 radical (unpaired) electrons. The van der Waals surface area contributed by atoms with Crippen LogP contribution in [0, 0.1) is 0 Å². The van der Waals surface area contributed by atoms with Crippen LogP contribution < -0.4 is 24.8 Å². The van der Waals surface area contributed by atoms with Crippen molar-refractivity contribution in [3.05, 3.63) is 42.1 Å². The first-order chi connectivity index (χ1) is 12.2. The van der Waals surface area contributed by atoms with E-state index in [9.17, 15) is 0 Å². The average molecular weight is 472 g/mol. The summed E-state index contributed by atoms with van der Waals surface area (Å²) in [7, 11) is 4.93. The van der Waals surface area contributed by atoms with Crippen molar-refractivity contribution in [3.63, 3.8) is 0 Å². The molecule has 1 heterocycles. The number of aromatic nitrogens is 1. The van der Waals surface area contributed by atoms with Crippen molar-refractivity contribution in [3.8, 4) is 17.4 Å². The lowest BCUT2D eigenvalue weighted by atomic mass is 10.2. The molecule has 0 aliphatic rings. The van der Waals surface area contributed by atoms with Crippen molar-refractivity contribution >= 4 is 35.6 Å². The van der Waals surface area contributed by atoms with E-state index in [-0.39, 0.29) is 24.0 Å². The Balaban J connectivity index is 0.00000338. The Bertz CT molecular complexity index is 725. The molecule has 0 unspecified atom stereocenters. The highest BCUT2D eigenvalue weighted by molar-refractivity contribution is 14.0. The Labute approximate surface area is 171 Å². The lowest BCUT2D eigenvalue weighted by Gasteiger charge is -2.15. The van der Waals surface area contributed by atoms with Gasteiger partial charge in [0.15, 0.2) is 17.5 Å². The van der Waals surface area contributed by atoms with Crippen LogP contribution in [-0.4, -0.2) is 38.8 Å². The maximum atomic E-state index is 5.53. The van der Waals surface area contributed by atoms with Crippen LogP contribution in [0.15, 0.2) is 41.5 Å². The minimum Gasteiger partial charge on any atom is -0.493 e. The SMILES string of the molecule is CCOc1ccc(NC(=NC)NCc2cccnc2OC)cc1OC.I. The van der Waals surface area contributed by atoms with Gasteiger partial charge in [0.05, 0.1) is 20.8 Å². The molecule has 0 fully saturated rings. The van der Waals surface area contributed by atoms with Crippen molar-refractivity contribution in [1.29, 1.82) is 0 Å². The molecule has 1 aromatic carbocycles. The third kappa shape index (κ3) is 5.94. The van der Waals surface area contributed by atoms with Gasteiger partial charge >= 0.3 is 0 Å². The summed E-state index contributed by atoms with van der Waals surface area (Å²) in [5, 5.41) is 6.46. The van der Waals surface area contributed by atoms with E-state index < -0.39 is 0 Å². The molecule has 26 heavy (non-hydrogen) atoms. The first-order valence-electron chi connectivity index (χ1n) is 7.98. The molecule has 0 saturated heterocycles. The van der Waals surface area contributed by atoms with E-state index in [0.29, 0.717) is 36.5 Å². The van der Waals surface area contributed by atoms with Gasteiger partial charge in [0, 0.05) is 37.1 Å². The lowest BCUT2D eigenvalue weighted by Crippen LogP contribution is -2.30. The number of pyridine rings is 1. The smallest absolute Gasteiger partial charge is 0.218 e. The van der Waals surface area contributed by atoms with Gasteiger partial charge in [-0.1, -0.05) is 6.07 Å². The zero-order valence-electron chi connectivity index (χ0n) is 15.4. The highest BCUT2D eigenvalue weighted by atomic mass is 127. The van der Waals surface area contributed by atoms with Crippen LogP contribution in [0.2, 0.25) is 0 Å². The highest BCUT2D eigenvalue weighted by Gasteiger charge is 2.08. The van der Waals surface area contributed by atoms with E-state index in [1.54, 1.807) is 27.5 Å². The fraction of sp³-hybridized carbons (Fsp3) is 0.333. The van der Waals surface area contributed by atoms with Gasteiger partial charge < -0.3 is 24.8 Å². The van der Waals surface area contributed by atoms with Gasteiger partial charge in [-0.3, -0.25) is 4.99 Å². The van der Waals surface area contributed by atoms with Crippen LogP contribution in [0.5, 0.6) is 17.4 Å². The molecule has 0 aliphatic carbocycles. The molecule has 0 saturated carbocycles. The number of halogens is 1. The number of rotatable bonds is 7. The number of hydrogen-bond acceptors (Lipinski definition) is 5.